The van der Waals surface area contributed by atoms with Crippen LogP contribution in [0.2, 0.25) is 0 Å². The minimum atomic E-state index is -0.426. The number of thiophene rings is 1. The number of amides is 1. The molecule has 1 aliphatic carbocycles. The van der Waals surface area contributed by atoms with Gasteiger partial charge in [-0.3, -0.25) is 9.59 Å². The Labute approximate surface area is 196 Å². The minimum absolute atomic E-state index is 0.0926. The third-order valence-corrected chi connectivity index (χ3v) is 7.53. The van der Waals surface area contributed by atoms with Crippen molar-refractivity contribution in [2.75, 3.05) is 16.4 Å². The lowest BCUT2D eigenvalue weighted by Gasteiger charge is -2.37. The Morgan fingerprint density at radius 3 is 2.64 bits per heavy atom. The van der Waals surface area contributed by atoms with Crippen LogP contribution in [0.5, 0.6) is 0 Å². The minimum Gasteiger partial charge on any atom is -0.465 e. The van der Waals surface area contributed by atoms with Crippen LogP contribution in [0.15, 0.2) is 52.1 Å². The number of furan rings is 1. The molecule has 33 heavy (non-hydrogen) atoms. The molecule has 2 aromatic heterocycles. The number of Topliss-reactive ketones (excluding diaryl/α,β-unsaturated/α-hetero) is 1. The van der Waals surface area contributed by atoms with E-state index in [0.717, 1.165) is 39.7 Å². The molecule has 0 spiro atoms. The van der Waals surface area contributed by atoms with Crippen LogP contribution in [0, 0.1) is 19.3 Å². The van der Waals surface area contributed by atoms with Gasteiger partial charge in [-0.15, -0.1) is 11.3 Å². The number of para-hydroxylation sites is 1. The first-order valence-corrected chi connectivity index (χ1v) is 11.8. The van der Waals surface area contributed by atoms with Gasteiger partial charge in [0, 0.05) is 28.9 Å². The summed E-state index contributed by atoms with van der Waals surface area (Å²) in [7, 11) is 0. The molecule has 3 aromatic rings. The van der Waals surface area contributed by atoms with Gasteiger partial charge in [0.2, 0.25) is 0 Å². The number of aryl methyl sites for hydroxylation is 2. The average Bonchev–Trinajstić information content (AvgIpc) is 3.30. The second-order valence-electron chi connectivity index (χ2n) is 9.70. The van der Waals surface area contributed by atoms with Crippen LogP contribution >= 0.6 is 11.3 Å². The Morgan fingerprint density at radius 1 is 1.18 bits per heavy atom. The molecule has 170 valence electrons. The maximum absolute atomic E-state index is 13.3. The fourth-order valence-electron chi connectivity index (χ4n) is 4.85. The van der Waals surface area contributed by atoms with Gasteiger partial charge in [0.1, 0.15) is 16.4 Å². The molecule has 0 radical (unpaired) electrons. The van der Waals surface area contributed by atoms with Crippen molar-refractivity contribution in [1.82, 2.24) is 0 Å². The Bertz CT molecular complexity index is 1330. The highest BCUT2D eigenvalue weighted by molar-refractivity contribution is 7.19. The molecule has 6 nitrogen and oxygen atoms in total. The van der Waals surface area contributed by atoms with Gasteiger partial charge in [-0.1, -0.05) is 32.0 Å². The van der Waals surface area contributed by atoms with E-state index in [-0.39, 0.29) is 17.1 Å². The molecular formula is C26H27N3O3S. The van der Waals surface area contributed by atoms with Gasteiger partial charge >= 0.3 is 0 Å². The number of hydrogen-bond acceptors (Lipinski definition) is 6. The first kappa shape index (κ1) is 21.5. The first-order chi connectivity index (χ1) is 15.6. The van der Waals surface area contributed by atoms with E-state index in [1.165, 1.54) is 11.3 Å². The summed E-state index contributed by atoms with van der Waals surface area (Å²) in [4.78, 5) is 27.0. The molecule has 1 atom stereocenters. The van der Waals surface area contributed by atoms with E-state index in [2.05, 4.69) is 24.5 Å². The van der Waals surface area contributed by atoms with Crippen molar-refractivity contribution in [1.29, 1.82) is 0 Å². The van der Waals surface area contributed by atoms with Crippen molar-refractivity contribution in [2.24, 2.45) is 5.41 Å². The quantitative estimate of drug-likeness (QED) is 0.445. The van der Waals surface area contributed by atoms with E-state index < -0.39 is 5.92 Å². The number of hydrogen-bond donors (Lipinski definition) is 3. The summed E-state index contributed by atoms with van der Waals surface area (Å²) < 4.78 is 6.00. The first-order valence-electron chi connectivity index (χ1n) is 11.0. The van der Waals surface area contributed by atoms with Crippen LogP contribution in [0.3, 0.4) is 0 Å². The van der Waals surface area contributed by atoms with Gasteiger partial charge in [0.05, 0.1) is 16.6 Å². The van der Waals surface area contributed by atoms with Crippen molar-refractivity contribution in [3.63, 3.8) is 0 Å². The SMILES string of the molecule is Cc1ccc(C2C3=C(CC(C)(C)CC3=O)Nc3sc(C(=O)Nc4ccccc4C)c(N)c32)o1. The normalized spacial score (nSPS) is 19.0. The van der Waals surface area contributed by atoms with Crippen LogP contribution in [-0.4, -0.2) is 11.7 Å². The standard InChI is InChI=1S/C26H27N3O3S/c1-13-7-5-6-8-15(13)28-24(31)23-22(27)21-20(18-10-9-14(2)32-18)19-16(29-25(21)33-23)11-26(3,4)12-17(19)30/h5-10,20,29H,11-12,27H2,1-4H3,(H,28,31). The number of carbonyl (C=O) groups is 2. The molecule has 1 amide bonds. The molecule has 4 N–H and O–H groups in total. The molecule has 1 aromatic carbocycles. The summed E-state index contributed by atoms with van der Waals surface area (Å²) >= 11 is 1.32. The van der Waals surface area contributed by atoms with Crippen LogP contribution in [0.25, 0.3) is 0 Å². The van der Waals surface area contributed by atoms with Gasteiger partial charge < -0.3 is 20.8 Å². The molecule has 2 aliphatic rings. The Morgan fingerprint density at radius 2 is 1.94 bits per heavy atom. The molecule has 0 fully saturated rings. The lowest BCUT2D eigenvalue weighted by atomic mass is 9.70. The van der Waals surface area contributed by atoms with Crippen molar-refractivity contribution in [2.45, 2.75) is 46.5 Å². The van der Waals surface area contributed by atoms with E-state index in [1.807, 2.05) is 50.2 Å². The topological polar surface area (TPSA) is 97.4 Å². The lowest BCUT2D eigenvalue weighted by Crippen LogP contribution is -2.33. The van der Waals surface area contributed by atoms with Gasteiger partial charge in [0.15, 0.2) is 5.78 Å². The molecule has 3 heterocycles. The highest BCUT2D eigenvalue weighted by Crippen LogP contribution is 2.54. The number of nitrogen functional groups attached to an aromatic ring is 1. The summed E-state index contributed by atoms with van der Waals surface area (Å²) in [5.74, 6) is 0.843. The number of nitrogens with one attached hydrogen (secondary N) is 2. The van der Waals surface area contributed by atoms with E-state index in [4.69, 9.17) is 10.2 Å². The monoisotopic (exact) mass is 461 g/mol. The van der Waals surface area contributed by atoms with Crippen LogP contribution in [-0.2, 0) is 4.79 Å². The third kappa shape index (κ3) is 3.66. The van der Waals surface area contributed by atoms with Crippen LogP contribution in [0.1, 0.15) is 64.9 Å². The molecule has 1 unspecified atom stereocenters. The number of benzene rings is 1. The summed E-state index contributed by atoms with van der Waals surface area (Å²) in [6.07, 6.45) is 1.20. The average molecular weight is 462 g/mol. The Hall–Kier alpha value is -3.32. The lowest BCUT2D eigenvalue weighted by molar-refractivity contribution is -0.118. The number of carbonyl (C=O) groups excluding carboxylic acids is 2. The number of allylic oxidation sites excluding steroid dienone is 2. The summed E-state index contributed by atoms with van der Waals surface area (Å²) in [6, 6.07) is 11.4. The highest BCUT2D eigenvalue weighted by atomic mass is 32.1. The second kappa shape index (κ2) is 7.63. The number of nitrogens with two attached hydrogens (primary N) is 1. The smallest absolute Gasteiger partial charge is 0.267 e. The maximum Gasteiger partial charge on any atom is 0.267 e. The van der Waals surface area contributed by atoms with E-state index >= 15 is 0 Å². The van der Waals surface area contributed by atoms with Crippen molar-refractivity contribution >= 4 is 39.4 Å². The number of ketones is 1. The van der Waals surface area contributed by atoms with Crippen molar-refractivity contribution in [3.05, 3.63) is 75.2 Å². The van der Waals surface area contributed by atoms with Gasteiger partial charge in [-0.25, -0.2) is 0 Å². The Kier molecular flexibility index (Phi) is 4.97. The molecule has 5 rings (SSSR count). The zero-order valence-corrected chi connectivity index (χ0v) is 20.0. The van der Waals surface area contributed by atoms with Gasteiger partial charge in [0.25, 0.3) is 5.91 Å². The molecular weight excluding hydrogens is 434 g/mol. The van der Waals surface area contributed by atoms with E-state index in [9.17, 15) is 9.59 Å². The number of rotatable bonds is 3. The van der Waals surface area contributed by atoms with Crippen LogP contribution < -0.4 is 16.4 Å². The largest absolute Gasteiger partial charge is 0.465 e. The summed E-state index contributed by atoms with van der Waals surface area (Å²) in [5.41, 5.74) is 10.9. The fourth-order valence-corrected chi connectivity index (χ4v) is 5.93. The van der Waals surface area contributed by atoms with E-state index in [0.29, 0.717) is 28.3 Å². The van der Waals surface area contributed by atoms with Crippen LogP contribution in [0.4, 0.5) is 16.4 Å². The van der Waals surface area contributed by atoms with E-state index in [1.54, 1.807) is 0 Å². The summed E-state index contributed by atoms with van der Waals surface area (Å²) in [6.45, 7) is 8.02. The highest BCUT2D eigenvalue weighted by Gasteiger charge is 2.44. The fraction of sp³-hybridized carbons (Fsp3) is 0.308. The molecule has 1 aliphatic heterocycles. The molecule has 7 heteroatoms. The molecule has 0 saturated heterocycles. The molecule has 0 bridgehead atoms. The predicted molar refractivity (Wildman–Crippen MR) is 132 cm³/mol. The third-order valence-electron chi connectivity index (χ3n) is 6.39. The number of anilines is 3. The summed E-state index contributed by atoms with van der Waals surface area (Å²) in [5, 5.41) is 7.23. The predicted octanol–water partition coefficient (Wildman–Crippen LogP) is 5.99. The second-order valence-corrected chi connectivity index (χ2v) is 10.7. The van der Waals surface area contributed by atoms with Crippen molar-refractivity contribution in [3.8, 4) is 0 Å². The van der Waals surface area contributed by atoms with Gasteiger partial charge in [-0.05, 0) is 49.4 Å². The van der Waals surface area contributed by atoms with Gasteiger partial charge in [-0.2, -0.15) is 0 Å². The number of fused-ring (bicyclic) bond motifs is 1. The maximum atomic E-state index is 13.3. The zero-order chi connectivity index (χ0) is 23.5. The molecule has 0 saturated carbocycles. The zero-order valence-electron chi connectivity index (χ0n) is 19.2. The Balaban J connectivity index is 1.61. The van der Waals surface area contributed by atoms with Crippen molar-refractivity contribution < 1.29 is 14.0 Å².